The number of para-hydroxylation sites is 1. The van der Waals surface area contributed by atoms with Crippen LogP contribution < -0.4 is 10.3 Å². The van der Waals surface area contributed by atoms with E-state index in [4.69, 9.17) is 4.74 Å². The Hall–Kier alpha value is -2.15. The van der Waals surface area contributed by atoms with Crippen LogP contribution in [-0.2, 0) is 7.05 Å². The molecule has 3 aromatic rings. The highest BCUT2D eigenvalue weighted by atomic mass is 127. The van der Waals surface area contributed by atoms with E-state index in [0.29, 0.717) is 20.8 Å². The van der Waals surface area contributed by atoms with Crippen molar-refractivity contribution in [1.29, 1.82) is 0 Å². The first-order valence-electron chi connectivity index (χ1n) is 6.72. The van der Waals surface area contributed by atoms with Gasteiger partial charge in [-0.3, -0.25) is 4.79 Å². The van der Waals surface area contributed by atoms with E-state index in [2.05, 4.69) is 5.10 Å². The van der Waals surface area contributed by atoms with E-state index in [-0.39, 0.29) is 5.56 Å². The van der Waals surface area contributed by atoms with Crippen molar-refractivity contribution in [1.82, 2.24) is 9.78 Å². The fourth-order valence-corrected chi connectivity index (χ4v) is 2.78. The third-order valence-electron chi connectivity index (χ3n) is 3.16. The van der Waals surface area contributed by atoms with Gasteiger partial charge in [-0.25, -0.2) is 4.68 Å². The van der Waals surface area contributed by atoms with Crippen LogP contribution in [0, 0.1) is 3.57 Å². The zero-order valence-electron chi connectivity index (χ0n) is 11.9. The van der Waals surface area contributed by atoms with E-state index in [9.17, 15) is 4.79 Å². The Morgan fingerprint density at radius 1 is 1.00 bits per heavy atom. The first-order chi connectivity index (χ1) is 10.7. The molecule has 2 aromatic carbocycles. The first kappa shape index (κ1) is 14.8. The van der Waals surface area contributed by atoms with Gasteiger partial charge >= 0.3 is 0 Å². The van der Waals surface area contributed by atoms with Gasteiger partial charge in [-0.15, -0.1) is 0 Å². The summed E-state index contributed by atoms with van der Waals surface area (Å²) in [6.45, 7) is 0. The van der Waals surface area contributed by atoms with Gasteiger partial charge in [0, 0.05) is 12.6 Å². The van der Waals surface area contributed by atoms with Crippen LogP contribution in [0.5, 0.6) is 11.5 Å². The number of aryl methyl sites for hydroxylation is 1. The van der Waals surface area contributed by atoms with Gasteiger partial charge < -0.3 is 4.74 Å². The molecule has 0 radical (unpaired) electrons. The summed E-state index contributed by atoms with van der Waals surface area (Å²) in [5.74, 6) is 1.16. The molecule has 0 aliphatic carbocycles. The molecule has 0 aliphatic heterocycles. The van der Waals surface area contributed by atoms with E-state index in [0.717, 1.165) is 5.56 Å². The highest BCUT2D eigenvalue weighted by Crippen LogP contribution is 2.33. The summed E-state index contributed by atoms with van der Waals surface area (Å²) in [7, 11) is 1.64. The second kappa shape index (κ2) is 6.31. The van der Waals surface area contributed by atoms with Crippen LogP contribution in [0.15, 0.2) is 65.5 Å². The van der Waals surface area contributed by atoms with Gasteiger partial charge in [0.25, 0.3) is 5.56 Å². The van der Waals surface area contributed by atoms with Gasteiger partial charge in [-0.05, 0) is 34.7 Å². The van der Waals surface area contributed by atoms with Crippen LogP contribution in [0.25, 0.3) is 11.3 Å². The second-order valence-electron chi connectivity index (χ2n) is 4.70. The van der Waals surface area contributed by atoms with Crippen molar-refractivity contribution in [2.75, 3.05) is 0 Å². The molecule has 0 atom stereocenters. The molecular weight excluding hydrogens is 391 g/mol. The van der Waals surface area contributed by atoms with Gasteiger partial charge in [0.15, 0.2) is 5.75 Å². The molecule has 110 valence electrons. The number of aromatic nitrogens is 2. The van der Waals surface area contributed by atoms with Gasteiger partial charge in [-0.1, -0.05) is 48.5 Å². The van der Waals surface area contributed by atoms with Crippen molar-refractivity contribution in [2.24, 2.45) is 7.05 Å². The summed E-state index contributed by atoms with van der Waals surface area (Å²) in [5, 5.41) is 4.37. The average Bonchev–Trinajstić information content (AvgIpc) is 2.57. The van der Waals surface area contributed by atoms with E-state index in [1.165, 1.54) is 4.68 Å². The van der Waals surface area contributed by atoms with Gasteiger partial charge in [0.05, 0.1) is 0 Å². The van der Waals surface area contributed by atoms with Crippen molar-refractivity contribution < 1.29 is 4.74 Å². The molecule has 0 aliphatic rings. The summed E-state index contributed by atoms with van der Waals surface area (Å²) < 4.78 is 7.79. The maximum absolute atomic E-state index is 12.2. The number of ether oxygens (including phenoxy) is 1. The molecule has 4 nitrogen and oxygen atoms in total. The molecule has 0 saturated heterocycles. The second-order valence-corrected chi connectivity index (χ2v) is 5.78. The smallest absolute Gasteiger partial charge is 0.283 e. The lowest BCUT2D eigenvalue weighted by Crippen LogP contribution is -2.23. The first-order valence-corrected chi connectivity index (χ1v) is 7.80. The van der Waals surface area contributed by atoms with E-state index < -0.39 is 0 Å². The highest BCUT2D eigenvalue weighted by Gasteiger charge is 2.18. The standard InChI is InChI=1S/C17H13IN2O2/c1-20-17(21)14(18)16(22-13-10-6-3-7-11-13)15(19-20)12-8-4-2-5-9-12/h2-11H,1H3. The molecule has 0 saturated carbocycles. The van der Waals surface area contributed by atoms with Crippen LogP contribution in [0.2, 0.25) is 0 Å². The lowest BCUT2D eigenvalue weighted by Gasteiger charge is -2.13. The fourth-order valence-electron chi connectivity index (χ4n) is 2.07. The Labute approximate surface area is 141 Å². The van der Waals surface area contributed by atoms with E-state index in [1.807, 2.05) is 83.3 Å². The molecule has 0 spiro atoms. The zero-order valence-corrected chi connectivity index (χ0v) is 14.0. The third kappa shape index (κ3) is 2.89. The van der Waals surface area contributed by atoms with Crippen LogP contribution in [0.3, 0.4) is 0 Å². The normalized spacial score (nSPS) is 10.5. The summed E-state index contributed by atoms with van der Waals surface area (Å²) in [6, 6.07) is 19.1. The summed E-state index contributed by atoms with van der Waals surface area (Å²) in [6.07, 6.45) is 0. The molecule has 5 heteroatoms. The molecule has 1 aromatic heterocycles. The Balaban J connectivity index is 2.19. The van der Waals surface area contributed by atoms with Crippen LogP contribution in [0.1, 0.15) is 0 Å². The van der Waals surface area contributed by atoms with Crippen LogP contribution in [-0.4, -0.2) is 9.78 Å². The van der Waals surface area contributed by atoms with Crippen LogP contribution in [0.4, 0.5) is 0 Å². The summed E-state index contributed by atoms with van der Waals surface area (Å²) in [4.78, 5) is 12.2. The summed E-state index contributed by atoms with van der Waals surface area (Å²) >= 11 is 2.01. The maximum Gasteiger partial charge on any atom is 0.283 e. The van der Waals surface area contributed by atoms with Crippen molar-refractivity contribution in [2.45, 2.75) is 0 Å². The van der Waals surface area contributed by atoms with Crippen LogP contribution >= 0.6 is 22.6 Å². The largest absolute Gasteiger partial charge is 0.454 e. The molecule has 1 heterocycles. The SMILES string of the molecule is Cn1nc(-c2ccccc2)c(Oc2ccccc2)c(I)c1=O. The van der Waals surface area contributed by atoms with Crippen molar-refractivity contribution in [3.63, 3.8) is 0 Å². The number of rotatable bonds is 3. The van der Waals surface area contributed by atoms with Gasteiger partial charge in [0.1, 0.15) is 15.0 Å². The topological polar surface area (TPSA) is 44.1 Å². The molecule has 3 rings (SSSR count). The predicted molar refractivity (Wildman–Crippen MR) is 94.1 cm³/mol. The number of hydrogen-bond acceptors (Lipinski definition) is 3. The number of halogens is 1. The van der Waals surface area contributed by atoms with Gasteiger partial charge in [-0.2, -0.15) is 5.10 Å². The number of nitrogens with zero attached hydrogens (tertiary/aromatic N) is 2. The Morgan fingerprint density at radius 3 is 2.23 bits per heavy atom. The van der Waals surface area contributed by atoms with Gasteiger partial charge in [0.2, 0.25) is 0 Å². The quantitative estimate of drug-likeness (QED) is 0.624. The Kier molecular flexibility index (Phi) is 4.24. The monoisotopic (exact) mass is 404 g/mol. The predicted octanol–water partition coefficient (Wildman–Crippen LogP) is 3.84. The zero-order chi connectivity index (χ0) is 15.5. The molecule has 0 bridgehead atoms. The fraction of sp³-hybridized carbons (Fsp3) is 0.0588. The molecule has 0 N–H and O–H groups in total. The lowest BCUT2D eigenvalue weighted by molar-refractivity contribution is 0.471. The minimum absolute atomic E-state index is 0.175. The van der Waals surface area contributed by atoms with E-state index >= 15 is 0 Å². The molecule has 22 heavy (non-hydrogen) atoms. The Morgan fingerprint density at radius 2 is 1.59 bits per heavy atom. The molecule has 0 amide bonds. The molecular formula is C17H13IN2O2. The third-order valence-corrected chi connectivity index (χ3v) is 4.11. The minimum Gasteiger partial charge on any atom is -0.454 e. The number of hydrogen-bond donors (Lipinski definition) is 0. The molecule has 0 fully saturated rings. The maximum atomic E-state index is 12.2. The summed E-state index contributed by atoms with van der Waals surface area (Å²) in [5.41, 5.74) is 1.38. The Bertz CT molecular complexity index is 846. The molecule has 0 unspecified atom stereocenters. The van der Waals surface area contributed by atoms with Crippen molar-refractivity contribution >= 4 is 22.6 Å². The van der Waals surface area contributed by atoms with Crippen molar-refractivity contribution in [3.05, 3.63) is 74.6 Å². The highest BCUT2D eigenvalue weighted by molar-refractivity contribution is 14.1. The average molecular weight is 404 g/mol. The minimum atomic E-state index is -0.175. The lowest BCUT2D eigenvalue weighted by atomic mass is 10.1. The number of benzene rings is 2. The van der Waals surface area contributed by atoms with E-state index in [1.54, 1.807) is 7.05 Å². The van der Waals surface area contributed by atoms with Crippen molar-refractivity contribution in [3.8, 4) is 22.8 Å².